The highest BCUT2D eigenvalue weighted by Crippen LogP contribution is 2.23. The third-order valence-electron chi connectivity index (χ3n) is 2.87. The fourth-order valence-corrected chi connectivity index (χ4v) is 2.45. The Hall–Kier alpha value is -2.18. The largest absolute Gasteiger partial charge is 0.462 e. The first-order valence-electron chi connectivity index (χ1n) is 6.32. The number of carbonyl (C=O) groups excluding carboxylic acids is 1. The van der Waals surface area contributed by atoms with E-state index in [1.165, 1.54) is 12.1 Å². The Balaban J connectivity index is 2.43. The summed E-state index contributed by atoms with van der Waals surface area (Å²) in [5, 5.41) is 5.12. The van der Waals surface area contributed by atoms with Crippen molar-refractivity contribution in [2.24, 2.45) is 5.14 Å². The molecule has 2 N–H and O–H groups in total. The van der Waals surface area contributed by atoms with Crippen LogP contribution in [0.2, 0.25) is 0 Å². The first-order chi connectivity index (χ1) is 9.91. The Labute approximate surface area is 123 Å². The van der Waals surface area contributed by atoms with Crippen LogP contribution in [0, 0.1) is 0 Å². The van der Waals surface area contributed by atoms with Crippen molar-refractivity contribution in [3.63, 3.8) is 0 Å². The Bertz CT molecular complexity index is 769. The molecule has 6 heteroatoms. The summed E-state index contributed by atoms with van der Waals surface area (Å²) < 4.78 is 27.7. The molecular formula is C15H15NO4S. The van der Waals surface area contributed by atoms with E-state index in [-0.39, 0.29) is 4.90 Å². The van der Waals surface area contributed by atoms with E-state index in [2.05, 4.69) is 0 Å². The van der Waals surface area contributed by atoms with Crippen LogP contribution < -0.4 is 5.14 Å². The smallest absolute Gasteiger partial charge is 0.338 e. The minimum atomic E-state index is -3.76. The zero-order valence-corrected chi connectivity index (χ0v) is 12.3. The highest BCUT2D eigenvalue weighted by atomic mass is 32.2. The summed E-state index contributed by atoms with van der Waals surface area (Å²) in [6.45, 7) is 2.03. The molecule has 0 aromatic heterocycles. The van der Waals surface area contributed by atoms with Crippen molar-refractivity contribution in [3.8, 4) is 11.1 Å². The molecule has 0 heterocycles. The molecule has 0 saturated carbocycles. The van der Waals surface area contributed by atoms with Gasteiger partial charge >= 0.3 is 5.97 Å². The molecule has 0 aliphatic rings. The van der Waals surface area contributed by atoms with Gasteiger partial charge < -0.3 is 4.74 Å². The zero-order chi connectivity index (χ0) is 15.5. The molecule has 0 radical (unpaired) electrons. The van der Waals surface area contributed by atoms with Crippen LogP contribution in [-0.2, 0) is 14.8 Å². The molecular weight excluding hydrogens is 290 g/mol. The molecule has 0 aliphatic carbocycles. The minimum absolute atomic E-state index is 0.0292. The molecule has 0 aliphatic heterocycles. The Morgan fingerprint density at radius 1 is 1.10 bits per heavy atom. The van der Waals surface area contributed by atoms with E-state index in [1.54, 1.807) is 43.3 Å². The van der Waals surface area contributed by atoms with Crippen molar-refractivity contribution >= 4 is 16.0 Å². The van der Waals surface area contributed by atoms with Gasteiger partial charge in [0.05, 0.1) is 17.1 Å². The van der Waals surface area contributed by atoms with Crippen molar-refractivity contribution in [1.82, 2.24) is 0 Å². The minimum Gasteiger partial charge on any atom is -0.462 e. The maximum atomic E-state index is 11.7. The second-order valence-corrected chi connectivity index (χ2v) is 5.94. The van der Waals surface area contributed by atoms with Gasteiger partial charge in [-0.2, -0.15) is 0 Å². The molecule has 2 aromatic carbocycles. The predicted molar refractivity (Wildman–Crippen MR) is 79.2 cm³/mol. The quantitative estimate of drug-likeness (QED) is 0.877. The first-order valence-corrected chi connectivity index (χ1v) is 7.87. The highest BCUT2D eigenvalue weighted by molar-refractivity contribution is 7.89. The molecule has 2 rings (SSSR count). The number of carbonyl (C=O) groups is 1. The normalized spacial score (nSPS) is 11.1. The number of sulfonamides is 1. The number of hydrogen-bond acceptors (Lipinski definition) is 4. The van der Waals surface area contributed by atoms with Gasteiger partial charge in [-0.1, -0.05) is 24.3 Å². The van der Waals surface area contributed by atoms with E-state index in [0.29, 0.717) is 23.3 Å². The maximum absolute atomic E-state index is 11.7. The Morgan fingerprint density at radius 3 is 2.33 bits per heavy atom. The summed E-state index contributed by atoms with van der Waals surface area (Å²) in [5.41, 5.74) is 1.79. The molecule has 0 unspecified atom stereocenters. The fraction of sp³-hybridized carbons (Fsp3) is 0.133. The van der Waals surface area contributed by atoms with E-state index < -0.39 is 16.0 Å². The van der Waals surface area contributed by atoms with Gasteiger partial charge in [0, 0.05) is 0 Å². The van der Waals surface area contributed by atoms with Crippen molar-refractivity contribution in [2.75, 3.05) is 6.61 Å². The van der Waals surface area contributed by atoms with Gasteiger partial charge in [-0.05, 0) is 42.3 Å². The van der Waals surface area contributed by atoms with Gasteiger partial charge in [0.25, 0.3) is 0 Å². The van der Waals surface area contributed by atoms with E-state index in [9.17, 15) is 13.2 Å². The molecule has 5 nitrogen and oxygen atoms in total. The summed E-state index contributed by atoms with van der Waals surface area (Å²) in [4.78, 5) is 11.7. The number of nitrogens with two attached hydrogens (primary N) is 1. The number of rotatable bonds is 4. The zero-order valence-electron chi connectivity index (χ0n) is 11.4. The van der Waals surface area contributed by atoms with Gasteiger partial charge in [0.1, 0.15) is 0 Å². The average Bonchev–Trinajstić information content (AvgIpc) is 2.47. The highest BCUT2D eigenvalue weighted by Gasteiger charge is 2.11. The van der Waals surface area contributed by atoms with Crippen LogP contribution in [0.5, 0.6) is 0 Å². The standard InChI is InChI=1S/C15H15NO4S/c1-2-20-15(17)13-7-3-5-11(9-13)12-6-4-8-14(10-12)21(16,18)19/h3-10H,2H2,1H3,(H2,16,18,19). The topological polar surface area (TPSA) is 86.5 Å². The lowest BCUT2D eigenvalue weighted by Crippen LogP contribution is -2.11. The van der Waals surface area contributed by atoms with Gasteiger partial charge in [-0.25, -0.2) is 18.4 Å². The monoisotopic (exact) mass is 305 g/mol. The van der Waals surface area contributed by atoms with Crippen LogP contribution >= 0.6 is 0 Å². The third-order valence-corrected chi connectivity index (χ3v) is 3.78. The lowest BCUT2D eigenvalue weighted by Gasteiger charge is -2.07. The molecule has 0 atom stereocenters. The van der Waals surface area contributed by atoms with Crippen LogP contribution in [0.25, 0.3) is 11.1 Å². The lowest BCUT2D eigenvalue weighted by atomic mass is 10.0. The van der Waals surface area contributed by atoms with Gasteiger partial charge in [-0.3, -0.25) is 0 Å². The molecule has 2 aromatic rings. The average molecular weight is 305 g/mol. The number of primary sulfonamides is 1. The number of esters is 1. The molecule has 0 saturated heterocycles. The fourth-order valence-electron chi connectivity index (χ4n) is 1.89. The van der Waals surface area contributed by atoms with Crippen molar-refractivity contribution in [3.05, 3.63) is 54.1 Å². The molecule has 21 heavy (non-hydrogen) atoms. The summed E-state index contributed by atoms with van der Waals surface area (Å²) in [5.74, 6) is -0.415. The van der Waals surface area contributed by atoms with E-state index >= 15 is 0 Å². The number of benzene rings is 2. The SMILES string of the molecule is CCOC(=O)c1cccc(-c2cccc(S(N)(=O)=O)c2)c1. The summed E-state index contributed by atoms with van der Waals surface area (Å²) in [6, 6.07) is 13.0. The van der Waals surface area contributed by atoms with Gasteiger partial charge in [-0.15, -0.1) is 0 Å². The van der Waals surface area contributed by atoms with Crippen molar-refractivity contribution in [1.29, 1.82) is 0 Å². The molecule has 0 spiro atoms. The summed E-state index contributed by atoms with van der Waals surface area (Å²) >= 11 is 0. The lowest BCUT2D eigenvalue weighted by molar-refractivity contribution is 0.0526. The van der Waals surface area contributed by atoms with Crippen molar-refractivity contribution in [2.45, 2.75) is 11.8 Å². The number of ether oxygens (including phenoxy) is 1. The van der Waals surface area contributed by atoms with Crippen LogP contribution in [0.1, 0.15) is 17.3 Å². The molecule has 0 fully saturated rings. The first kappa shape index (κ1) is 15.2. The maximum Gasteiger partial charge on any atom is 0.338 e. The summed E-state index contributed by atoms with van der Waals surface area (Å²) in [7, 11) is -3.76. The third kappa shape index (κ3) is 3.68. The second-order valence-electron chi connectivity index (χ2n) is 4.37. The van der Waals surface area contributed by atoms with E-state index in [0.717, 1.165) is 0 Å². The van der Waals surface area contributed by atoms with E-state index in [1.807, 2.05) is 0 Å². The van der Waals surface area contributed by atoms with Crippen LogP contribution in [0.4, 0.5) is 0 Å². The summed E-state index contributed by atoms with van der Waals surface area (Å²) in [6.07, 6.45) is 0. The molecule has 110 valence electrons. The molecule has 0 amide bonds. The van der Waals surface area contributed by atoms with Crippen LogP contribution in [0.15, 0.2) is 53.4 Å². The second kappa shape index (κ2) is 6.07. The number of hydrogen-bond donors (Lipinski definition) is 1. The van der Waals surface area contributed by atoms with Crippen molar-refractivity contribution < 1.29 is 17.9 Å². The van der Waals surface area contributed by atoms with Crippen LogP contribution in [-0.4, -0.2) is 21.0 Å². The Kier molecular flexibility index (Phi) is 4.40. The van der Waals surface area contributed by atoms with Gasteiger partial charge in [0.2, 0.25) is 10.0 Å². The van der Waals surface area contributed by atoms with Crippen LogP contribution in [0.3, 0.4) is 0 Å². The van der Waals surface area contributed by atoms with E-state index in [4.69, 9.17) is 9.88 Å². The Morgan fingerprint density at radius 2 is 1.71 bits per heavy atom. The predicted octanol–water partition coefficient (Wildman–Crippen LogP) is 2.18. The van der Waals surface area contributed by atoms with Gasteiger partial charge in [0.15, 0.2) is 0 Å². The molecule has 0 bridgehead atoms.